The van der Waals surface area contributed by atoms with E-state index in [-0.39, 0.29) is 23.7 Å². The van der Waals surface area contributed by atoms with Crippen LogP contribution in [0.5, 0.6) is 0 Å². The Morgan fingerprint density at radius 2 is 1.97 bits per heavy atom. The topological polar surface area (TPSA) is 73.2 Å². The second kappa shape index (κ2) is 7.82. The van der Waals surface area contributed by atoms with Crippen molar-refractivity contribution in [3.63, 3.8) is 0 Å². The molecule has 1 N–H and O–H groups in total. The number of halogens is 2. The number of rotatable bonds is 5. The highest BCUT2D eigenvalue weighted by Crippen LogP contribution is 2.37. The zero-order valence-corrected chi connectivity index (χ0v) is 16.2. The van der Waals surface area contributed by atoms with Crippen molar-refractivity contribution in [3.8, 4) is 0 Å². The highest BCUT2D eigenvalue weighted by molar-refractivity contribution is 8.01. The van der Waals surface area contributed by atoms with Crippen LogP contribution >= 0.6 is 11.8 Å². The minimum Gasteiger partial charge on any atom is -0.454 e. The van der Waals surface area contributed by atoms with Gasteiger partial charge in [0.05, 0.1) is 28.4 Å². The number of imidazole rings is 1. The van der Waals surface area contributed by atoms with Crippen molar-refractivity contribution in [3.05, 3.63) is 54.4 Å². The van der Waals surface area contributed by atoms with Crippen LogP contribution in [0.3, 0.4) is 0 Å². The van der Waals surface area contributed by atoms with E-state index in [1.54, 1.807) is 24.3 Å². The Morgan fingerprint density at radius 3 is 2.76 bits per heavy atom. The molecule has 1 aliphatic rings. The van der Waals surface area contributed by atoms with Gasteiger partial charge in [-0.2, -0.15) is 8.78 Å². The summed E-state index contributed by atoms with van der Waals surface area (Å²) >= 11 is 1.27. The molecule has 1 aliphatic heterocycles. The molecule has 3 aromatic rings. The first kappa shape index (κ1) is 19.4. The summed E-state index contributed by atoms with van der Waals surface area (Å²) in [5.41, 5.74) is 1.36. The van der Waals surface area contributed by atoms with Gasteiger partial charge in [-0.05, 0) is 31.2 Å². The predicted molar refractivity (Wildman–Crippen MR) is 105 cm³/mol. The molecular weight excluding hydrogens is 400 g/mol. The normalized spacial score (nSPS) is 17.1. The lowest BCUT2D eigenvalue weighted by molar-refractivity contribution is -0.150. The standard InChI is InChI=1S/C20H17F2N3O3S/c1-11(18-23-12-6-2-4-8-14(12)25(18)20(21)22)28-17(26)10-16-19(27)24-13-7-3-5-9-15(13)29-16/h2-9,11,16,20H,10H2,1H3,(H,24,27). The summed E-state index contributed by atoms with van der Waals surface area (Å²) in [7, 11) is 0. The Hall–Kier alpha value is -2.94. The quantitative estimate of drug-likeness (QED) is 0.617. The maximum atomic E-state index is 13.6. The first-order valence-corrected chi connectivity index (χ1v) is 9.83. The van der Waals surface area contributed by atoms with E-state index in [4.69, 9.17) is 4.74 Å². The number of fused-ring (bicyclic) bond motifs is 2. The van der Waals surface area contributed by atoms with Crippen molar-refractivity contribution in [2.75, 3.05) is 5.32 Å². The Morgan fingerprint density at radius 1 is 1.24 bits per heavy atom. The van der Waals surface area contributed by atoms with E-state index >= 15 is 0 Å². The fraction of sp³-hybridized carbons (Fsp3) is 0.250. The molecule has 2 heterocycles. The summed E-state index contributed by atoms with van der Waals surface area (Å²) in [4.78, 5) is 29.7. The van der Waals surface area contributed by atoms with E-state index in [0.29, 0.717) is 11.2 Å². The maximum Gasteiger partial charge on any atom is 0.320 e. The van der Waals surface area contributed by atoms with Crippen LogP contribution in [0.25, 0.3) is 11.0 Å². The molecule has 0 saturated heterocycles. The van der Waals surface area contributed by atoms with Crippen LogP contribution in [0.1, 0.15) is 31.8 Å². The smallest absolute Gasteiger partial charge is 0.320 e. The molecule has 1 amide bonds. The third-order valence-corrected chi connectivity index (χ3v) is 5.82. The highest BCUT2D eigenvalue weighted by atomic mass is 32.2. The van der Waals surface area contributed by atoms with Gasteiger partial charge in [0.25, 0.3) is 0 Å². The number of aromatic nitrogens is 2. The molecule has 2 aromatic carbocycles. The molecule has 6 nitrogen and oxygen atoms in total. The van der Waals surface area contributed by atoms with Crippen molar-refractivity contribution < 1.29 is 23.1 Å². The number of nitrogens with zero attached hydrogens (tertiary/aromatic N) is 2. The van der Waals surface area contributed by atoms with Gasteiger partial charge in [0.15, 0.2) is 11.9 Å². The van der Waals surface area contributed by atoms with Gasteiger partial charge in [-0.3, -0.25) is 14.2 Å². The second-order valence-electron chi connectivity index (χ2n) is 6.53. The number of carbonyl (C=O) groups excluding carboxylic acids is 2. The van der Waals surface area contributed by atoms with E-state index in [2.05, 4.69) is 10.3 Å². The number of hydrogen-bond acceptors (Lipinski definition) is 5. The Bertz CT molecular complexity index is 1090. The summed E-state index contributed by atoms with van der Waals surface area (Å²) in [6, 6.07) is 13.8. The summed E-state index contributed by atoms with van der Waals surface area (Å²) in [6.45, 7) is -1.34. The van der Waals surface area contributed by atoms with Crippen LogP contribution in [0.15, 0.2) is 53.4 Å². The number of alkyl halides is 2. The van der Waals surface area contributed by atoms with Crippen molar-refractivity contribution in [2.45, 2.75) is 36.1 Å². The molecule has 150 valence electrons. The van der Waals surface area contributed by atoms with Gasteiger partial charge in [-0.15, -0.1) is 11.8 Å². The first-order valence-electron chi connectivity index (χ1n) is 8.95. The molecule has 9 heteroatoms. The summed E-state index contributed by atoms with van der Waals surface area (Å²) < 4.78 is 33.3. The number of para-hydroxylation sites is 3. The van der Waals surface area contributed by atoms with Gasteiger partial charge in [-0.25, -0.2) is 4.98 Å². The van der Waals surface area contributed by atoms with E-state index in [1.165, 1.54) is 24.8 Å². The van der Waals surface area contributed by atoms with E-state index in [1.807, 2.05) is 18.2 Å². The number of nitrogens with one attached hydrogen (secondary N) is 1. The number of thioether (sulfide) groups is 1. The maximum absolute atomic E-state index is 13.6. The van der Waals surface area contributed by atoms with Crippen LogP contribution in [0.4, 0.5) is 14.5 Å². The molecule has 0 radical (unpaired) electrons. The third-order valence-electron chi connectivity index (χ3n) is 4.55. The molecule has 0 aliphatic carbocycles. The Labute approximate surface area is 169 Å². The largest absolute Gasteiger partial charge is 0.454 e. The monoisotopic (exact) mass is 417 g/mol. The Balaban J connectivity index is 1.49. The lowest BCUT2D eigenvalue weighted by Gasteiger charge is -2.24. The van der Waals surface area contributed by atoms with Gasteiger partial charge in [-0.1, -0.05) is 24.3 Å². The highest BCUT2D eigenvalue weighted by Gasteiger charge is 2.31. The molecule has 2 atom stereocenters. The number of benzene rings is 2. The fourth-order valence-corrected chi connectivity index (χ4v) is 4.33. The van der Waals surface area contributed by atoms with Crippen LogP contribution in [0, 0.1) is 0 Å². The van der Waals surface area contributed by atoms with Crippen molar-refractivity contribution in [1.82, 2.24) is 9.55 Å². The molecule has 4 rings (SSSR count). The van der Waals surface area contributed by atoms with Gasteiger partial charge in [0.2, 0.25) is 5.91 Å². The lowest BCUT2D eigenvalue weighted by atomic mass is 10.2. The zero-order valence-electron chi connectivity index (χ0n) is 15.3. The fourth-order valence-electron chi connectivity index (χ4n) is 3.23. The molecule has 0 bridgehead atoms. The van der Waals surface area contributed by atoms with Crippen molar-refractivity contribution >= 4 is 40.4 Å². The predicted octanol–water partition coefficient (Wildman–Crippen LogP) is 4.54. The molecule has 0 saturated carbocycles. The molecule has 0 fully saturated rings. The van der Waals surface area contributed by atoms with Crippen LogP contribution < -0.4 is 5.32 Å². The average Bonchev–Trinajstić information content (AvgIpc) is 3.08. The molecule has 29 heavy (non-hydrogen) atoms. The molecule has 2 unspecified atom stereocenters. The Kier molecular flexibility index (Phi) is 5.23. The molecule has 0 spiro atoms. The van der Waals surface area contributed by atoms with Crippen molar-refractivity contribution in [2.24, 2.45) is 0 Å². The first-order chi connectivity index (χ1) is 13.9. The summed E-state index contributed by atoms with van der Waals surface area (Å²) in [5.74, 6) is -0.990. The minimum atomic E-state index is -2.82. The van der Waals surface area contributed by atoms with Gasteiger partial charge < -0.3 is 10.1 Å². The number of anilines is 1. The number of amides is 1. The summed E-state index contributed by atoms with van der Waals surface area (Å²) in [6.07, 6.45) is -1.17. The minimum absolute atomic E-state index is 0.0411. The summed E-state index contributed by atoms with van der Waals surface area (Å²) in [5, 5.41) is 2.10. The van der Waals surface area contributed by atoms with Crippen LogP contribution in [-0.2, 0) is 14.3 Å². The average molecular weight is 417 g/mol. The van der Waals surface area contributed by atoms with Crippen LogP contribution in [0.2, 0.25) is 0 Å². The number of hydrogen-bond donors (Lipinski definition) is 1. The lowest BCUT2D eigenvalue weighted by Crippen LogP contribution is -2.31. The van der Waals surface area contributed by atoms with E-state index in [0.717, 1.165) is 9.46 Å². The SMILES string of the molecule is CC(OC(=O)CC1Sc2ccccc2NC1=O)c1nc2ccccc2n1C(F)F. The van der Waals surface area contributed by atoms with Gasteiger partial charge >= 0.3 is 12.5 Å². The number of ether oxygens (including phenoxy) is 1. The van der Waals surface area contributed by atoms with Crippen LogP contribution in [-0.4, -0.2) is 26.7 Å². The second-order valence-corrected chi connectivity index (χ2v) is 7.78. The van der Waals surface area contributed by atoms with Gasteiger partial charge in [0.1, 0.15) is 0 Å². The molecular formula is C20H17F2N3O3S. The zero-order chi connectivity index (χ0) is 20.5. The number of carbonyl (C=O) groups is 2. The van der Waals surface area contributed by atoms with Crippen molar-refractivity contribution in [1.29, 1.82) is 0 Å². The van der Waals surface area contributed by atoms with E-state index in [9.17, 15) is 18.4 Å². The molecule has 1 aromatic heterocycles. The number of esters is 1. The van der Waals surface area contributed by atoms with Gasteiger partial charge in [0, 0.05) is 4.90 Å². The third kappa shape index (κ3) is 3.82. The van der Waals surface area contributed by atoms with E-state index < -0.39 is 23.9 Å².